The SMILES string of the molecule is O=C(N[C@H]1CCNC1)c1n[nH]c(C2CC2)n1. The second kappa shape index (κ2) is 3.86. The summed E-state index contributed by atoms with van der Waals surface area (Å²) in [4.78, 5) is 16.0. The van der Waals surface area contributed by atoms with E-state index in [-0.39, 0.29) is 17.8 Å². The normalized spacial score (nSPS) is 24.6. The maximum absolute atomic E-state index is 11.8. The highest BCUT2D eigenvalue weighted by Gasteiger charge is 2.28. The first-order valence-corrected chi connectivity index (χ1v) is 5.77. The predicted molar refractivity (Wildman–Crippen MR) is 57.1 cm³/mol. The number of hydrogen-bond acceptors (Lipinski definition) is 4. The molecule has 0 bridgehead atoms. The van der Waals surface area contributed by atoms with Gasteiger partial charge in [-0.3, -0.25) is 9.89 Å². The molecule has 0 radical (unpaired) electrons. The smallest absolute Gasteiger partial charge is 0.291 e. The third-order valence-electron chi connectivity index (χ3n) is 3.07. The Hall–Kier alpha value is -1.43. The van der Waals surface area contributed by atoms with Crippen molar-refractivity contribution in [2.45, 2.75) is 31.2 Å². The molecule has 6 nitrogen and oxygen atoms in total. The van der Waals surface area contributed by atoms with Gasteiger partial charge in [0.05, 0.1) is 0 Å². The Morgan fingerprint density at radius 3 is 2.94 bits per heavy atom. The molecule has 0 aromatic carbocycles. The van der Waals surface area contributed by atoms with Gasteiger partial charge in [0.25, 0.3) is 5.91 Å². The highest BCUT2D eigenvalue weighted by molar-refractivity contribution is 5.90. The first kappa shape index (κ1) is 9.77. The molecule has 2 aliphatic rings. The molecule has 1 aliphatic carbocycles. The molecule has 3 N–H and O–H groups in total. The van der Waals surface area contributed by atoms with Crippen molar-refractivity contribution in [2.75, 3.05) is 13.1 Å². The Labute approximate surface area is 93.2 Å². The maximum atomic E-state index is 11.8. The van der Waals surface area contributed by atoms with Crippen molar-refractivity contribution in [1.82, 2.24) is 25.8 Å². The number of rotatable bonds is 3. The summed E-state index contributed by atoms with van der Waals surface area (Å²) in [5, 5.41) is 12.9. The minimum absolute atomic E-state index is 0.170. The highest BCUT2D eigenvalue weighted by Crippen LogP contribution is 2.37. The predicted octanol–water partition coefficient (Wildman–Crippen LogP) is -0.226. The van der Waals surface area contributed by atoms with Crippen LogP contribution in [0.4, 0.5) is 0 Å². The van der Waals surface area contributed by atoms with Crippen LogP contribution in [-0.2, 0) is 0 Å². The monoisotopic (exact) mass is 221 g/mol. The number of amides is 1. The fourth-order valence-electron chi connectivity index (χ4n) is 1.94. The van der Waals surface area contributed by atoms with E-state index in [4.69, 9.17) is 0 Å². The van der Waals surface area contributed by atoms with E-state index < -0.39 is 0 Å². The van der Waals surface area contributed by atoms with Crippen LogP contribution in [0, 0.1) is 0 Å². The van der Waals surface area contributed by atoms with Gasteiger partial charge in [0.2, 0.25) is 5.82 Å². The summed E-state index contributed by atoms with van der Waals surface area (Å²) in [7, 11) is 0. The molecule has 6 heteroatoms. The lowest BCUT2D eigenvalue weighted by molar-refractivity contribution is 0.0930. The molecule has 1 aromatic heterocycles. The molecule has 0 unspecified atom stereocenters. The van der Waals surface area contributed by atoms with Gasteiger partial charge in [-0.1, -0.05) is 0 Å². The van der Waals surface area contributed by atoms with E-state index in [1.807, 2.05) is 0 Å². The number of aromatic nitrogens is 3. The van der Waals surface area contributed by atoms with Gasteiger partial charge in [-0.25, -0.2) is 4.98 Å². The molecule has 0 spiro atoms. The van der Waals surface area contributed by atoms with Crippen LogP contribution < -0.4 is 10.6 Å². The van der Waals surface area contributed by atoms with Gasteiger partial charge in [-0.15, -0.1) is 5.10 Å². The minimum atomic E-state index is -0.170. The Morgan fingerprint density at radius 1 is 1.38 bits per heavy atom. The van der Waals surface area contributed by atoms with Gasteiger partial charge in [0.15, 0.2) is 0 Å². The lowest BCUT2D eigenvalue weighted by Crippen LogP contribution is -2.36. The third-order valence-corrected chi connectivity index (χ3v) is 3.07. The molecule has 1 amide bonds. The summed E-state index contributed by atoms with van der Waals surface area (Å²) < 4.78 is 0. The second-order valence-electron chi connectivity index (χ2n) is 4.48. The van der Waals surface area contributed by atoms with Crippen LogP contribution in [0.3, 0.4) is 0 Å². The second-order valence-corrected chi connectivity index (χ2v) is 4.48. The summed E-state index contributed by atoms with van der Waals surface area (Å²) in [6.45, 7) is 1.80. The molecule has 1 aliphatic heterocycles. The summed E-state index contributed by atoms with van der Waals surface area (Å²) in [5.74, 6) is 1.46. The van der Waals surface area contributed by atoms with Crippen molar-refractivity contribution < 1.29 is 4.79 Å². The van der Waals surface area contributed by atoms with Gasteiger partial charge in [0.1, 0.15) is 5.82 Å². The van der Waals surface area contributed by atoms with Gasteiger partial charge >= 0.3 is 0 Å². The number of carbonyl (C=O) groups excluding carboxylic acids is 1. The van der Waals surface area contributed by atoms with E-state index in [1.165, 1.54) is 0 Å². The van der Waals surface area contributed by atoms with Crippen LogP contribution in [-0.4, -0.2) is 40.2 Å². The molecule has 1 aromatic rings. The van der Waals surface area contributed by atoms with E-state index in [0.29, 0.717) is 5.92 Å². The molecule has 16 heavy (non-hydrogen) atoms. The summed E-state index contributed by atoms with van der Waals surface area (Å²) in [5.41, 5.74) is 0. The van der Waals surface area contributed by atoms with E-state index in [9.17, 15) is 4.79 Å². The number of H-pyrrole nitrogens is 1. The summed E-state index contributed by atoms with van der Waals surface area (Å²) in [6, 6.07) is 0.218. The van der Waals surface area contributed by atoms with Crippen molar-refractivity contribution >= 4 is 5.91 Å². The molecule has 3 rings (SSSR count). The van der Waals surface area contributed by atoms with E-state index >= 15 is 0 Å². The van der Waals surface area contributed by atoms with E-state index in [0.717, 1.165) is 38.2 Å². The quantitative estimate of drug-likeness (QED) is 0.658. The largest absolute Gasteiger partial charge is 0.345 e. The molecule has 1 saturated heterocycles. The topological polar surface area (TPSA) is 82.7 Å². The number of carbonyl (C=O) groups is 1. The lowest BCUT2D eigenvalue weighted by Gasteiger charge is -2.08. The Bertz CT molecular complexity index is 392. The molecule has 2 fully saturated rings. The molecule has 86 valence electrons. The van der Waals surface area contributed by atoms with Crippen LogP contribution >= 0.6 is 0 Å². The Morgan fingerprint density at radius 2 is 2.25 bits per heavy atom. The number of hydrogen-bond donors (Lipinski definition) is 3. The van der Waals surface area contributed by atoms with Crippen LogP contribution in [0.25, 0.3) is 0 Å². The van der Waals surface area contributed by atoms with E-state index in [2.05, 4.69) is 25.8 Å². The molecular formula is C10H15N5O. The summed E-state index contributed by atoms with van der Waals surface area (Å²) >= 11 is 0. The van der Waals surface area contributed by atoms with Crippen LogP contribution in [0.5, 0.6) is 0 Å². The fraction of sp³-hybridized carbons (Fsp3) is 0.700. The Balaban J connectivity index is 1.63. The molecule has 2 heterocycles. The number of aromatic amines is 1. The third kappa shape index (κ3) is 1.92. The van der Waals surface area contributed by atoms with Gasteiger partial charge in [-0.2, -0.15) is 0 Å². The minimum Gasteiger partial charge on any atom is -0.345 e. The van der Waals surface area contributed by atoms with Gasteiger partial charge in [0, 0.05) is 18.5 Å². The number of nitrogens with one attached hydrogen (secondary N) is 3. The highest BCUT2D eigenvalue weighted by atomic mass is 16.2. The average molecular weight is 221 g/mol. The van der Waals surface area contributed by atoms with Crippen LogP contribution in [0.2, 0.25) is 0 Å². The van der Waals surface area contributed by atoms with Gasteiger partial charge in [-0.05, 0) is 25.8 Å². The van der Waals surface area contributed by atoms with E-state index in [1.54, 1.807) is 0 Å². The zero-order valence-electron chi connectivity index (χ0n) is 8.99. The number of nitrogens with zero attached hydrogens (tertiary/aromatic N) is 2. The van der Waals surface area contributed by atoms with Gasteiger partial charge < -0.3 is 10.6 Å². The molecule has 1 saturated carbocycles. The first-order valence-electron chi connectivity index (χ1n) is 5.77. The molecule has 1 atom stereocenters. The van der Waals surface area contributed by atoms with Crippen molar-refractivity contribution in [2.24, 2.45) is 0 Å². The Kier molecular flexibility index (Phi) is 2.36. The van der Waals surface area contributed by atoms with Crippen molar-refractivity contribution in [3.8, 4) is 0 Å². The van der Waals surface area contributed by atoms with Crippen molar-refractivity contribution in [3.63, 3.8) is 0 Å². The van der Waals surface area contributed by atoms with Crippen molar-refractivity contribution in [1.29, 1.82) is 0 Å². The molecular weight excluding hydrogens is 206 g/mol. The zero-order valence-corrected chi connectivity index (χ0v) is 8.99. The van der Waals surface area contributed by atoms with Crippen LogP contribution in [0.1, 0.15) is 41.6 Å². The van der Waals surface area contributed by atoms with Crippen molar-refractivity contribution in [3.05, 3.63) is 11.6 Å². The maximum Gasteiger partial charge on any atom is 0.291 e. The average Bonchev–Trinajstić information content (AvgIpc) is 2.82. The fourth-order valence-corrected chi connectivity index (χ4v) is 1.94. The zero-order chi connectivity index (χ0) is 11.0. The first-order chi connectivity index (χ1) is 7.83. The standard InChI is InChI=1S/C10H15N5O/c16-10(12-7-3-4-11-5-7)9-13-8(14-15-9)6-1-2-6/h6-7,11H,1-5H2,(H,12,16)(H,13,14,15)/t7-/m0/s1. The summed E-state index contributed by atoms with van der Waals surface area (Å²) in [6.07, 6.45) is 3.29. The van der Waals surface area contributed by atoms with Crippen LogP contribution in [0.15, 0.2) is 0 Å². The lowest BCUT2D eigenvalue weighted by atomic mass is 10.2.